The van der Waals surface area contributed by atoms with Gasteiger partial charge in [-0.1, -0.05) is 0 Å². The van der Waals surface area contributed by atoms with Crippen LogP contribution in [0.25, 0.3) is 0 Å². The monoisotopic (exact) mass is 272 g/mol. The molecule has 0 aliphatic rings. The molecule has 1 amide bonds. The molecule has 0 fully saturated rings. The number of alkyl halides is 3. The van der Waals surface area contributed by atoms with Crippen molar-refractivity contribution < 1.29 is 32.6 Å². The Balaban J connectivity index is 0.000000325. The van der Waals surface area contributed by atoms with E-state index in [1.807, 2.05) is 0 Å². The van der Waals surface area contributed by atoms with Crippen molar-refractivity contribution in [2.75, 3.05) is 0 Å². The van der Waals surface area contributed by atoms with Crippen LogP contribution in [0, 0.1) is 0 Å². The Kier molecular flexibility index (Phi) is 5.96. The number of carboxylic acid groups (broad SMARTS) is 1. The van der Waals surface area contributed by atoms with E-state index < -0.39 is 18.2 Å². The summed E-state index contributed by atoms with van der Waals surface area (Å²) in [5.41, 5.74) is 6.40. The van der Waals surface area contributed by atoms with E-state index in [4.69, 9.17) is 15.6 Å². The molecule has 1 aromatic heterocycles. The second-order valence-electron chi connectivity index (χ2n) is 2.38. The SMILES string of the molecule is NC(=O)OCc1cncs1.O=C(O)C(F)(F)F. The topological polar surface area (TPSA) is 103 Å². The lowest BCUT2D eigenvalue weighted by Gasteiger charge is -1.94. The van der Waals surface area contributed by atoms with E-state index >= 15 is 0 Å². The van der Waals surface area contributed by atoms with Crippen LogP contribution in [-0.2, 0) is 16.1 Å². The minimum absolute atomic E-state index is 0.222. The van der Waals surface area contributed by atoms with Crippen molar-refractivity contribution >= 4 is 23.4 Å². The average Bonchev–Trinajstić information content (AvgIpc) is 2.66. The van der Waals surface area contributed by atoms with Gasteiger partial charge in [-0.05, 0) is 0 Å². The third kappa shape index (κ3) is 8.02. The van der Waals surface area contributed by atoms with Crippen molar-refractivity contribution in [3.8, 4) is 0 Å². The highest BCUT2D eigenvalue weighted by atomic mass is 32.1. The van der Waals surface area contributed by atoms with E-state index in [1.165, 1.54) is 11.3 Å². The van der Waals surface area contributed by atoms with E-state index in [0.717, 1.165) is 4.88 Å². The second-order valence-corrected chi connectivity index (χ2v) is 3.35. The molecule has 3 N–H and O–H groups in total. The Morgan fingerprint density at radius 1 is 1.53 bits per heavy atom. The van der Waals surface area contributed by atoms with E-state index in [0.29, 0.717) is 0 Å². The summed E-state index contributed by atoms with van der Waals surface area (Å²) in [6.07, 6.45) is -4.21. The number of carbonyl (C=O) groups is 2. The van der Waals surface area contributed by atoms with Gasteiger partial charge in [-0.15, -0.1) is 11.3 Å². The molecule has 17 heavy (non-hydrogen) atoms. The van der Waals surface area contributed by atoms with Crippen molar-refractivity contribution in [2.45, 2.75) is 12.8 Å². The molecule has 6 nitrogen and oxygen atoms in total. The predicted molar refractivity (Wildman–Crippen MR) is 50.2 cm³/mol. The van der Waals surface area contributed by atoms with Gasteiger partial charge in [0.1, 0.15) is 6.61 Å². The van der Waals surface area contributed by atoms with Crippen molar-refractivity contribution in [3.05, 3.63) is 16.6 Å². The number of ether oxygens (including phenoxy) is 1. The smallest absolute Gasteiger partial charge is 0.475 e. The largest absolute Gasteiger partial charge is 0.490 e. The molecule has 0 atom stereocenters. The quantitative estimate of drug-likeness (QED) is 0.846. The van der Waals surface area contributed by atoms with Crippen LogP contribution >= 0.6 is 11.3 Å². The fraction of sp³-hybridized carbons (Fsp3) is 0.286. The van der Waals surface area contributed by atoms with E-state index in [-0.39, 0.29) is 6.61 Å². The number of carboxylic acids is 1. The molecule has 1 aromatic rings. The zero-order chi connectivity index (χ0) is 13.5. The van der Waals surface area contributed by atoms with Crippen LogP contribution in [0.2, 0.25) is 0 Å². The Labute approximate surface area is 96.8 Å². The molecule has 0 unspecified atom stereocenters. The van der Waals surface area contributed by atoms with Crippen LogP contribution < -0.4 is 5.73 Å². The molecule has 0 aromatic carbocycles. The summed E-state index contributed by atoms with van der Waals surface area (Å²) in [7, 11) is 0. The summed E-state index contributed by atoms with van der Waals surface area (Å²) in [5.74, 6) is -2.76. The first-order chi connectivity index (χ1) is 7.73. The number of rotatable bonds is 2. The molecular formula is C7H7F3N2O4S. The van der Waals surface area contributed by atoms with Crippen LogP contribution in [0.4, 0.5) is 18.0 Å². The Hall–Kier alpha value is -1.84. The highest BCUT2D eigenvalue weighted by Crippen LogP contribution is 2.13. The van der Waals surface area contributed by atoms with Crippen molar-refractivity contribution in [2.24, 2.45) is 5.73 Å². The average molecular weight is 272 g/mol. The number of amides is 1. The number of thiazole rings is 1. The second kappa shape index (κ2) is 6.68. The van der Waals surface area contributed by atoms with Gasteiger partial charge in [-0.3, -0.25) is 4.98 Å². The Morgan fingerprint density at radius 3 is 2.35 bits per heavy atom. The standard InChI is InChI=1S/C5H6N2O2S.C2HF3O2/c6-5(8)9-2-4-1-7-3-10-4;3-2(4,5)1(6)7/h1,3H,2H2,(H2,6,8);(H,6,7). The molecule has 0 radical (unpaired) electrons. The normalized spacial score (nSPS) is 10.1. The number of nitrogens with zero attached hydrogens (tertiary/aromatic N) is 1. The first kappa shape index (κ1) is 15.2. The van der Waals surface area contributed by atoms with Crippen LogP contribution in [-0.4, -0.2) is 28.3 Å². The summed E-state index contributed by atoms with van der Waals surface area (Å²) in [4.78, 5) is 23.6. The van der Waals surface area contributed by atoms with Gasteiger partial charge in [0.15, 0.2) is 0 Å². The van der Waals surface area contributed by atoms with Crippen molar-refractivity contribution in [3.63, 3.8) is 0 Å². The summed E-state index contributed by atoms with van der Waals surface area (Å²) in [6, 6.07) is 0. The fourth-order valence-electron chi connectivity index (χ4n) is 0.456. The first-order valence-corrected chi connectivity index (χ1v) is 4.71. The van der Waals surface area contributed by atoms with Gasteiger partial charge in [-0.2, -0.15) is 13.2 Å². The zero-order valence-corrected chi connectivity index (χ0v) is 8.92. The number of primary amides is 1. The van der Waals surface area contributed by atoms with Gasteiger partial charge in [-0.25, -0.2) is 9.59 Å². The molecule has 1 rings (SSSR count). The molecule has 0 bridgehead atoms. The van der Waals surface area contributed by atoms with Gasteiger partial charge in [0.05, 0.1) is 10.4 Å². The molecule has 0 saturated carbocycles. The molecule has 0 spiro atoms. The van der Waals surface area contributed by atoms with E-state index in [2.05, 4.69) is 9.72 Å². The molecule has 1 heterocycles. The van der Waals surface area contributed by atoms with Gasteiger partial charge in [0.25, 0.3) is 0 Å². The van der Waals surface area contributed by atoms with Gasteiger partial charge in [0, 0.05) is 6.20 Å². The number of aliphatic carboxylic acids is 1. The molecular weight excluding hydrogens is 265 g/mol. The molecule has 0 saturated heterocycles. The van der Waals surface area contributed by atoms with Crippen LogP contribution in [0.15, 0.2) is 11.7 Å². The van der Waals surface area contributed by atoms with Crippen LogP contribution in [0.5, 0.6) is 0 Å². The highest BCUT2D eigenvalue weighted by Gasteiger charge is 2.38. The lowest BCUT2D eigenvalue weighted by Crippen LogP contribution is -2.21. The summed E-state index contributed by atoms with van der Waals surface area (Å²) >= 11 is 1.42. The predicted octanol–water partition coefficient (Wildman–Crippen LogP) is 1.37. The zero-order valence-electron chi connectivity index (χ0n) is 8.10. The lowest BCUT2D eigenvalue weighted by molar-refractivity contribution is -0.192. The van der Waals surface area contributed by atoms with E-state index in [1.54, 1.807) is 11.7 Å². The Morgan fingerprint density at radius 2 is 2.06 bits per heavy atom. The number of hydrogen-bond acceptors (Lipinski definition) is 5. The highest BCUT2D eigenvalue weighted by molar-refractivity contribution is 7.09. The molecule has 10 heteroatoms. The van der Waals surface area contributed by atoms with Crippen molar-refractivity contribution in [1.82, 2.24) is 4.98 Å². The van der Waals surface area contributed by atoms with Gasteiger partial charge >= 0.3 is 18.2 Å². The maximum atomic E-state index is 10.6. The summed E-state index contributed by atoms with van der Waals surface area (Å²) in [6.45, 7) is 0.222. The van der Waals surface area contributed by atoms with Crippen LogP contribution in [0.1, 0.15) is 4.88 Å². The van der Waals surface area contributed by atoms with Gasteiger partial charge in [0.2, 0.25) is 0 Å². The maximum absolute atomic E-state index is 10.6. The number of hydrogen-bond donors (Lipinski definition) is 2. The minimum Gasteiger partial charge on any atom is -0.475 e. The molecule has 0 aliphatic carbocycles. The maximum Gasteiger partial charge on any atom is 0.490 e. The minimum atomic E-state index is -5.08. The lowest BCUT2D eigenvalue weighted by atomic mass is 10.6. The summed E-state index contributed by atoms with van der Waals surface area (Å²) in [5, 5.41) is 7.12. The van der Waals surface area contributed by atoms with Crippen LogP contribution in [0.3, 0.4) is 0 Å². The fourth-order valence-corrected chi connectivity index (χ4v) is 0.961. The number of nitrogens with two attached hydrogens (primary N) is 1. The Bertz CT molecular complexity index is 366. The van der Waals surface area contributed by atoms with Crippen molar-refractivity contribution in [1.29, 1.82) is 0 Å². The third-order valence-corrected chi connectivity index (χ3v) is 1.84. The molecule has 0 aliphatic heterocycles. The molecule has 96 valence electrons. The first-order valence-electron chi connectivity index (χ1n) is 3.83. The number of carbonyl (C=O) groups excluding carboxylic acids is 1. The number of aromatic nitrogens is 1. The number of halogens is 3. The summed E-state index contributed by atoms with van der Waals surface area (Å²) < 4.78 is 36.2. The third-order valence-electron chi connectivity index (χ3n) is 1.08. The van der Waals surface area contributed by atoms with Gasteiger partial charge < -0.3 is 15.6 Å². The van der Waals surface area contributed by atoms with E-state index in [9.17, 15) is 18.0 Å².